The van der Waals surface area contributed by atoms with Crippen molar-refractivity contribution in [3.05, 3.63) is 82.9 Å². The van der Waals surface area contributed by atoms with Gasteiger partial charge in [-0.3, -0.25) is 14.0 Å². The van der Waals surface area contributed by atoms with E-state index in [4.69, 9.17) is 16.6 Å². The Bertz CT molecular complexity index is 1640. The Balaban J connectivity index is 0.00000337. The van der Waals surface area contributed by atoms with Gasteiger partial charge in [0, 0.05) is 51.4 Å². The highest BCUT2D eigenvalue weighted by atomic mass is 35.5. The number of rotatable bonds is 7. The Kier molecular flexibility index (Phi) is 9.06. The van der Waals surface area contributed by atoms with E-state index in [1.807, 2.05) is 42.5 Å². The number of carbonyl (C=O) groups excluding carboxylic acids is 1. The van der Waals surface area contributed by atoms with E-state index in [1.54, 1.807) is 23.5 Å². The van der Waals surface area contributed by atoms with Crippen LogP contribution in [0.3, 0.4) is 0 Å². The minimum absolute atomic E-state index is 0. The first-order valence-electron chi connectivity index (χ1n) is 13.4. The van der Waals surface area contributed by atoms with E-state index in [-0.39, 0.29) is 23.2 Å². The molecule has 0 saturated carbocycles. The lowest BCUT2D eigenvalue weighted by Crippen LogP contribution is -2.48. The molecule has 4 aromatic rings. The lowest BCUT2D eigenvalue weighted by atomic mass is 10.0. The number of nitrogens with zero attached hydrogens (tertiary/aromatic N) is 4. The summed E-state index contributed by atoms with van der Waals surface area (Å²) < 4.78 is 29.3. The number of carbonyl (C=O) groups is 1. The van der Waals surface area contributed by atoms with Crippen molar-refractivity contribution in [3.8, 4) is 0 Å². The van der Waals surface area contributed by atoms with Crippen molar-refractivity contribution in [2.45, 2.75) is 17.7 Å². The molecule has 8 nitrogen and oxygen atoms in total. The summed E-state index contributed by atoms with van der Waals surface area (Å²) in [4.78, 5) is 22.3. The number of aryl methyl sites for hydroxylation is 1. The molecule has 0 spiro atoms. The van der Waals surface area contributed by atoms with Gasteiger partial charge in [-0.15, -0.1) is 12.4 Å². The Morgan fingerprint density at radius 1 is 0.951 bits per heavy atom. The van der Waals surface area contributed by atoms with E-state index in [0.717, 1.165) is 72.2 Å². The zero-order chi connectivity index (χ0) is 27.7. The highest BCUT2D eigenvalue weighted by Gasteiger charge is 2.29. The van der Waals surface area contributed by atoms with Crippen LogP contribution < -0.4 is 14.5 Å². The standard InChI is InChI=1S/C29H30ClN5O3S2.ClH/c30-24-7-3-9-26-27(24)32-29(39-26)34-19-17-33(18-20-34)16-14-31-28(36)22-10-12-23(13-11-22)40(37,38)35-15-4-6-21-5-1-2-8-25(21)35;/h1-3,5,7-13H,4,6,14-20H2,(H,31,36);1H. The van der Waals surface area contributed by atoms with Gasteiger partial charge in [0.15, 0.2) is 5.13 Å². The molecule has 2 aliphatic rings. The second kappa shape index (κ2) is 12.5. The SMILES string of the molecule is Cl.O=C(NCCN1CCN(c2nc3c(Cl)cccc3s2)CC1)c1ccc(S(=O)(=O)N2CCCc3ccccc32)cc1. The monoisotopic (exact) mass is 631 g/mol. The molecule has 0 unspecified atom stereocenters. The predicted octanol–water partition coefficient (Wildman–Crippen LogP) is 5.07. The minimum atomic E-state index is -3.70. The number of piperazine rings is 1. The summed E-state index contributed by atoms with van der Waals surface area (Å²) in [6, 6.07) is 19.7. The number of anilines is 2. The van der Waals surface area contributed by atoms with E-state index in [2.05, 4.69) is 15.1 Å². The van der Waals surface area contributed by atoms with Gasteiger partial charge in [-0.1, -0.05) is 47.2 Å². The molecule has 41 heavy (non-hydrogen) atoms. The second-order valence-electron chi connectivity index (χ2n) is 10.0. The van der Waals surface area contributed by atoms with Gasteiger partial charge in [-0.25, -0.2) is 13.4 Å². The number of hydrogen-bond acceptors (Lipinski definition) is 7. The van der Waals surface area contributed by atoms with E-state index in [1.165, 1.54) is 16.4 Å². The molecule has 12 heteroatoms. The number of hydrogen-bond donors (Lipinski definition) is 1. The van der Waals surface area contributed by atoms with Gasteiger partial charge < -0.3 is 10.2 Å². The third-order valence-corrected chi connectivity index (χ3v) is 10.7. The maximum absolute atomic E-state index is 13.4. The van der Waals surface area contributed by atoms with E-state index in [9.17, 15) is 13.2 Å². The second-order valence-corrected chi connectivity index (χ2v) is 13.3. The van der Waals surface area contributed by atoms with Crippen LogP contribution in [-0.4, -0.2) is 70.0 Å². The average Bonchev–Trinajstić information content (AvgIpc) is 3.43. The van der Waals surface area contributed by atoms with E-state index < -0.39 is 10.0 Å². The summed E-state index contributed by atoms with van der Waals surface area (Å²) in [7, 11) is -3.70. The highest BCUT2D eigenvalue weighted by Crippen LogP contribution is 2.33. The zero-order valence-electron chi connectivity index (χ0n) is 22.3. The van der Waals surface area contributed by atoms with E-state index >= 15 is 0 Å². The largest absolute Gasteiger partial charge is 0.351 e. The molecule has 1 amide bonds. The smallest absolute Gasteiger partial charge is 0.264 e. The number of halogens is 2. The molecule has 1 N–H and O–H groups in total. The van der Waals surface area contributed by atoms with Crippen molar-refractivity contribution in [1.82, 2.24) is 15.2 Å². The van der Waals surface area contributed by atoms with Crippen LogP contribution in [-0.2, 0) is 16.4 Å². The summed E-state index contributed by atoms with van der Waals surface area (Å²) in [6.07, 6.45) is 1.65. The number of para-hydroxylation sites is 2. The third kappa shape index (κ3) is 6.17. The molecule has 0 aliphatic carbocycles. The van der Waals surface area contributed by atoms with Crippen LogP contribution in [0.25, 0.3) is 10.2 Å². The Labute approximate surface area is 255 Å². The fourth-order valence-electron chi connectivity index (χ4n) is 5.29. The van der Waals surface area contributed by atoms with Crippen molar-refractivity contribution < 1.29 is 13.2 Å². The Hall–Kier alpha value is -2.89. The molecule has 216 valence electrons. The van der Waals surface area contributed by atoms with Crippen molar-refractivity contribution in [2.75, 3.05) is 55.0 Å². The Morgan fingerprint density at radius 2 is 1.71 bits per heavy atom. The van der Waals surface area contributed by atoms with Gasteiger partial charge in [-0.05, 0) is 60.9 Å². The van der Waals surface area contributed by atoms with Crippen LogP contribution in [0, 0.1) is 0 Å². The summed E-state index contributed by atoms with van der Waals surface area (Å²) in [6.45, 7) is 5.19. The molecule has 3 heterocycles. The number of sulfonamides is 1. The van der Waals surface area contributed by atoms with Crippen LogP contribution in [0.15, 0.2) is 71.6 Å². The lowest BCUT2D eigenvalue weighted by Gasteiger charge is -2.34. The molecule has 2 aliphatic heterocycles. The molecule has 6 rings (SSSR count). The number of amides is 1. The van der Waals surface area contributed by atoms with Crippen LogP contribution in [0.2, 0.25) is 5.02 Å². The summed E-state index contributed by atoms with van der Waals surface area (Å²) in [5.74, 6) is -0.211. The fraction of sp³-hybridized carbons (Fsp3) is 0.310. The van der Waals surface area contributed by atoms with Crippen LogP contribution in [0.1, 0.15) is 22.3 Å². The van der Waals surface area contributed by atoms with Crippen LogP contribution in [0.4, 0.5) is 10.8 Å². The molecular weight excluding hydrogens is 601 g/mol. The normalized spacial score (nSPS) is 15.8. The highest BCUT2D eigenvalue weighted by molar-refractivity contribution is 7.92. The summed E-state index contributed by atoms with van der Waals surface area (Å²) in [5, 5.41) is 4.64. The molecule has 0 bridgehead atoms. The first-order chi connectivity index (χ1) is 19.4. The predicted molar refractivity (Wildman–Crippen MR) is 169 cm³/mol. The van der Waals surface area contributed by atoms with Gasteiger partial charge in [0.2, 0.25) is 0 Å². The lowest BCUT2D eigenvalue weighted by molar-refractivity contribution is 0.0947. The van der Waals surface area contributed by atoms with Crippen molar-refractivity contribution in [2.24, 2.45) is 0 Å². The van der Waals surface area contributed by atoms with Gasteiger partial charge in [0.25, 0.3) is 15.9 Å². The average molecular weight is 633 g/mol. The van der Waals surface area contributed by atoms with Gasteiger partial charge >= 0.3 is 0 Å². The number of aromatic nitrogens is 1. The maximum Gasteiger partial charge on any atom is 0.264 e. The summed E-state index contributed by atoms with van der Waals surface area (Å²) in [5.41, 5.74) is 3.08. The van der Waals surface area contributed by atoms with Crippen LogP contribution >= 0.6 is 35.3 Å². The van der Waals surface area contributed by atoms with Crippen molar-refractivity contribution >= 4 is 72.3 Å². The number of thiazole rings is 1. The number of nitrogens with one attached hydrogen (secondary N) is 1. The maximum atomic E-state index is 13.4. The molecule has 0 radical (unpaired) electrons. The topological polar surface area (TPSA) is 85.9 Å². The summed E-state index contributed by atoms with van der Waals surface area (Å²) >= 11 is 7.95. The molecule has 0 atom stereocenters. The molecule has 1 saturated heterocycles. The Morgan fingerprint density at radius 3 is 2.46 bits per heavy atom. The van der Waals surface area contributed by atoms with Gasteiger partial charge in [0.1, 0.15) is 5.52 Å². The number of fused-ring (bicyclic) bond motifs is 2. The fourth-order valence-corrected chi connectivity index (χ4v) is 8.14. The molecule has 1 fully saturated rings. The minimum Gasteiger partial charge on any atom is -0.351 e. The quantitative estimate of drug-likeness (QED) is 0.307. The van der Waals surface area contributed by atoms with Gasteiger partial charge in [-0.2, -0.15) is 0 Å². The third-order valence-electron chi connectivity index (χ3n) is 7.49. The van der Waals surface area contributed by atoms with Crippen molar-refractivity contribution in [1.29, 1.82) is 0 Å². The zero-order valence-corrected chi connectivity index (χ0v) is 25.5. The first-order valence-corrected chi connectivity index (χ1v) is 16.0. The van der Waals surface area contributed by atoms with Crippen LogP contribution in [0.5, 0.6) is 0 Å². The van der Waals surface area contributed by atoms with E-state index in [0.29, 0.717) is 23.7 Å². The first kappa shape index (κ1) is 29.6. The molecular formula is C29H31Cl2N5O3S2. The van der Waals surface area contributed by atoms with Gasteiger partial charge in [0.05, 0.1) is 20.3 Å². The molecule has 1 aromatic heterocycles. The van der Waals surface area contributed by atoms with Crippen molar-refractivity contribution in [3.63, 3.8) is 0 Å². The number of benzene rings is 3. The molecule has 3 aromatic carbocycles.